The number of hydrogen-bond donors (Lipinski definition) is 2. The molecule has 2 heterocycles. The van der Waals surface area contributed by atoms with Gasteiger partial charge >= 0.3 is 0 Å². The van der Waals surface area contributed by atoms with Crippen molar-refractivity contribution in [1.29, 1.82) is 0 Å². The van der Waals surface area contributed by atoms with Crippen molar-refractivity contribution in [3.05, 3.63) is 47.8 Å². The summed E-state index contributed by atoms with van der Waals surface area (Å²) in [6.45, 7) is 0.170. The summed E-state index contributed by atoms with van der Waals surface area (Å²) in [6.07, 6.45) is 6.70. The molecule has 0 aromatic carbocycles. The van der Waals surface area contributed by atoms with E-state index < -0.39 is 5.60 Å². The van der Waals surface area contributed by atoms with Crippen LogP contribution in [0.5, 0.6) is 0 Å². The molecular formula is C14H15NO4. The lowest BCUT2D eigenvalue weighted by molar-refractivity contribution is 0.0169. The van der Waals surface area contributed by atoms with Gasteiger partial charge in [0, 0.05) is 12.0 Å². The van der Waals surface area contributed by atoms with Gasteiger partial charge in [0.15, 0.2) is 0 Å². The standard InChI is InChI=1S/C14H15NO4/c16-13(10-3-6-18-8-10)15-9-14(17)5-1-2-12-11(14)4-7-19-12/h3-4,6-8,17H,1-2,5,9H2,(H,15,16). The normalized spacial score (nSPS) is 21.9. The molecule has 0 saturated heterocycles. The molecule has 1 atom stereocenters. The van der Waals surface area contributed by atoms with Crippen LogP contribution in [-0.2, 0) is 12.0 Å². The van der Waals surface area contributed by atoms with E-state index in [1.165, 1.54) is 12.5 Å². The van der Waals surface area contributed by atoms with Gasteiger partial charge in [-0.3, -0.25) is 4.79 Å². The number of nitrogens with one attached hydrogen (secondary N) is 1. The molecule has 1 aliphatic carbocycles. The molecule has 0 spiro atoms. The number of aryl methyl sites for hydroxylation is 1. The average Bonchev–Trinajstić information content (AvgIpc) is 3.07. The van der Waals surface area contributed by atoms with Gasteiger partial charge in [-0.25, -0.2) is 0 Å². The number of fused-ring (bicyclic) bond motifs is 1. The predicted molar refractivity (Wildman–Crippen MR) is 66.6 cm³/mol. The van der Waals surface area contributed by atoms with Crippen LogP contribution in [0.15, 0.2) is 39.8 Å². The van der Waals surface area contributed by atoms with Crippen molar-refractivity contribution in [2.75, 3.05) is 6.54 Å². The van der Waals surface area contributed by atoms with Crippen LogP contribution in [0.25, 0.3) is 0 Å². The Labute approximate surface area is 110 Å². The van der Waals surface area contributed by atoms with E-state index in [9.17, 15) is 9.90 Å². The maximum absolute atomic E-state index is 11.8. The Bertz CT molecular complexity index is 572. The number of hydrogen-bond acceptors (Lipinski definition) is 4. The zero-order valence-corrected chi connectivity index (χ0v) is 10.4. The lowest BCUT2D eigenvalue weighted by Gasteiger charge is -2.31. The summed E-state index contributed by atoms with van der Waals surface area (Å²) in [5.41, 5.74) is 0.193. The SMILES string of the molecule is O=C(NCC1(O)CCCc2occc21)c1ccoc1. The summed E-state index contributed by atoms with van der Waals surface area (Å²) in [6, 6.07) is 3.36. The van der Waals surface area contributed by atoms with Gasteiger partial charge in [0.05, 0.1) is 24.6 Å². The van der Waals surface area contributed by atoms with Gasteiger partial charge in [0.25, 0.3) is 5.91 Å². The van der Waals surface area contributed by atoms with Crippen LogP contribution in [0.3, 0.4) is 0 Å². The third-order valence-corrected chi connectivity index (χ3v) is 3.57. The Morgan fingerprint density at radius 1 is 1.42 bits per heavy atom. The number of furan rings is 2. The number of amides is 1. The van der Waals surface area contributed by atoms with E-state index in [2.05, 4.69) is 5.32 Å². The summed E-state index contributed by atoms with van der Waals surface area (Å²) in [4.78, 5) is 11.8. The predicted octanol–water partition coefficient (Wildman–Crippen LogP) is 1.83. The highest BCUT2D eigenvalue weighted by molar-refractivity contribution is 5.93. The molecule has 2 aromatic rings. The highest BCUT2D eigenvalue weighted by Gasteiger charge is 2.36. The zero-order valence-electron chi connectivity index (χ0n) is 10.4. The lowest BCUT2D eigenvalue weighted by Crippen LogP contribution is -2.42. The minimum atomic E-state index is -1.04. The first kappa shape index (κ1) is 12.0. The third-order valence-electron chi connectivity index (χ3n) is 3.57. The molecule has 19 heavy (non-hydrogen) atoms. The van der Waals surface area contributed by atoms with Crippen LogP contribution >= 0.6 is 0 Å². The molecule has 5 nitrogen and oxygen atoms in total. The molecule has 0 bridgehead atoms. The minimum absolute atomic E-state index is 0.170. The van der Waals surface area contributed by atoms with Crippen LogP contribution in [0.2, 0.25) is 0 Å². The van der Waals surface area contributed by atoms with E-state index in [-0.39, 0.29) is 12.5 Å². The molecule has 0 radical (unpaired) electrons. The largest absolute Gasteiger partial charge is 0.472 e. The van der Waals surface area contributed by atoms with Gasteiger partial charge in [-0.05, 0) is 25.0 Å². The van der Waals surface area contributed by atoms with Crippen LogP contribution in [-0.4, -0.2) is 17.6 Å². The summed E-state index contributed by atoms with van der Waals surface area (Å²) < 4.78 is 10.2. The Morgan fingerprint density at radius 2 is 2.32 bits per heavy atom. The van der Waals surface area contributed by atoms with E-state index >= 15 is 0 Å². The Morgan fingerprint density at radius 3 is 3.11 bits per heavy atom. The van der Waals surface area contributed by atoms with Crippen molar-refractivity contribution < 1.29 is 18.7 Å². The van der Waals surface area contributed by atoms with Gasteiger partial charge in [-0.15, -0.1) is 0 Å². The molecule has 1 aliphatic rings. The van der Waals surface area contributed by atoms with Gasteiger partial charge in [0.1, 0.15) is 17.6 Å². The minimum Gasteiger partial charge on any atom is -0.472 e. The van der Waals surface area contributed by atoms with Crippen molar-refractivity contribution in [2.45, 2.75) is 24.9 Å². The van der Waals surface area contributed by atoms with E-state index in [0.29, 0.717) is 12.0 Å². The second-order valence-electron chi connectivity index (χ2n) is 4.84. The maximum atomic E-state index is 11.8. The molecule has 0 fully saturated rings. The van der Waals surface area contributed by atoms with Crippen molar-refractivity contribution in [3.8, 4) is 0 Å². The third kappa shape index (κ3) is 2.17. The van der Waals surface area contributed by atoms with Gasteiger partial charge in [-0.1, -0.05) is 0 Å². The maximum Gasteiger partial charge on any atom is 0.254 e. The molecule has 0 saturated carbocycles. The molecule has 0 aliphatic heterocycles. The average molecular weight is 261 g/mol. The van der Waals surface area contributed by atoms with E-state index in [0.717, 1.165) is 24.2 Å². The number of aliphatic hydroxyl groups is 1. The molecule has 2 aromatic heterocycles. The highest BCUT2D eigenvalue weighted by Crippen LogP contribution is 2.35. The first-order chi connectivity index (χ1) is 9.19. The van der Waals surface area contributed by atoms with Crippen LogP contribution in [0, 0.1) is 0 Å². The van der Waals surface area contributed by atoms with Gasteiger partial charge in [-0.2, -0.15) is 0 Å². The second kappa shape index (κ2) is 4.59. The van der Waals surface area contributed by atoms with Crippen molar-refractivity contribution in [1.82, 2.24) is 5.32 Å². The molecular weight excluding hydrogens is 246 g/mol. The first-order valence-electron chi connectivity index (χ1n) is 6.29. The van der Waals surface area contributed by atoms with Crippen LogP contribution in [0.4, 0.5) is 0 Å². The fraction of sp³-hybridized carbons (Fsp3) is 0.357. The fourth-order valence-corrected chi connectivity index (χ4v) is 2.53. The number of carbonyl (C=O) groups excluding carboxylic acids is 1. The van der Waals surface area contributed by atoms with E-state index in [1.54, 1.807) is 18.4 Å². The summed E-state index contributed by atoms with van der Waals surface area (Å²) in [5.74, 6) is 0.559. The molecule has 100 valence electrons. The van der Waals surface area contributed by atoms with E-state index in [4.69, 9.17) is 8.83 Å². The fourth-order valence-electron chi connectivity index (χ4n) is 2.53. The second-order valence-corrected chi connectivity index (χ2v) is 4.84. The topological polar surface area (TPSA) is 75.6 Å². The van der Waals surface area contributed by atoms with Crippen LogP contribution in [0.1, 0.15) is 34.5 Å². The molecule has 3 rings (SSSR count). The molecule has 5 heteroatoms. The number of rotatable bonds is 3. The molecule has 1 unspecified atom stereocenters. The summed E-state index contributed by atoms with van der Waals surface area (Å²) >= 11 is 0. The Kier molecular flexibility index (Phi) is 2.91. The Hall–Kier alpha value is -2.01. The first-order valence-corrected chi connectivity index (χ1v) is 6.29. The van der Waals surface area contributed by atoms with Gasteiger partial charge in [0.2, 0.25) is 0 Å². The highest BCUT2D eigenvalue weighted by atomic mass is 16.3. The quantitative estimate of drug-likeness (QED) is 0.883. The van der Waals surface area contributed by atoms with Crippen molar-refractivity contribution in [2.24, 2.45) is 0 Å². The lowest BCUT2D eigenvalue weighted by atomic mass is 9.83. The Balaban J connectivity index is 1.72. The summed E-state index contributed by atoms with van der Waals surface area (Å²) in [5, 5.41) is 13.4. The zero-order chi connectivity index (χ0) is 13.3. The molecule has 2 N–H and O–H groups in total. The van der Waals surface area contributed by atoms with Gasteiger partial charge < -0.3 is 19.3 Å². The molecule has 1 amide bonds. The monoisotopic (exact) mass is 261 g/mol. The van der Waals surface area contributed by atoms with Crippen molar-refractivity contribution >= 4 is 5.91 Å². The van der Waals surface area contributed by atoms with E-state index in [1.807, 2.05) is 0 Å². The smallest absolute Gasteiger partial charge is 0.254 e. The van der Waals surface area contributed by atoms with Crippen LogP contribution < -0.4 is 5.32 Å². The number of carbonyl (C=O) groups is 1. The van der Waals surface area contributed by atoms with Crippen molar-refractivity contribution in [3.63, 3.8) is 0 Å². The summed E-state index contributed by atoms with van der Waals surface area (Å²) in [7, 11) is 0.